The van der Waals surface area contributed by atoms with Gasteiger partial charge in [-0.25, -0.2) is 13.2 Å². The first-order valence-corrected chi connectivity index (χ1v) is 5.94. The Morgan fingerprint density at radius 1 is 0.889 bits per heavy atom. The summed E-state index contributed by atoms with van der Waals surface area (Å²) >= 11 is 3.12. The summed E-state index contributed by atoms with van der Waals surface area (Å²) in [6.07, 6.45) is 0. The van der Waals surface area contributed by atoms with E-state index in [0.29, 0.717) is 4.47 Å². The summed E-state index contributed by atoms with van der Waals surface area (Å²) in [6, 6.07) is 6.39. The molecule has 1 nitrogen and oxygen atoms in total. The molecule has 18 heavy (non-hydrogen) atoms. The Bertz CT molecular complexity index is 535. The zero-order chi connectivity index (χ0) is 13.3. The number of nitrogens with two attached hydrogens (primary N) is 1. The van der Waals surface area contributed by atoms with Gasteiger partial charge in [0.05, 0.1) is 6.04 Å². The van der Waals surface area contributed by atoms with Crippen molar-refractivity contribution in [3.63, 3.8) is 0 Å². The van der Waals surface area contributed by atoms with Gasteiger partial charge in [-0.15, -0.1) is 0 Å². The van der Waals surface area contributed by atoms with E-state index in [1.165, 1.54) is 18.2 Å². The van der Waals surface area contributed by atoms with E-state index in [9.17, 15) is 13.2 Å². The lowest BCUT2D eigenvalue weighted by molar-refractivity contribution is 0.556. The number of benzene rings is 2. The fraction of sp³-hybridized carbons (Fsp3) is 0.0769. The van der Waals surface area contributed by atoms with E-state index in [4.69, 9.17) is 5.73 Å². The van der Waals surface area contributed by atoms with E-state index < -0.39 is 23.5 Å². The van der Waals surface area contributed by atoms with Crippen molar-refractivity contribution in [2.24, 2.45) is 5.73 Å². The molecule has 0 amide bonds. The van der Waals surface area contributed by atoms with Crippen molar-refractivity contribution < 1.29 is 13.2 Å². The van der Waals surface area contributed by atoms with E-state index in [2.05, 4.69) is 15.9 Å². The second-order valence-corrected chi connectivity index (χ2v) is 4.73. The zero-order valence-electron chi connectivity index (χ0n) is 9.13. The standard InChI is InChI=1S/C13H9BrF3N/c14-7-1-3-9(11(16)5-7)13(18)10-4-2-8(15)6-12(10)17/h1-6,13H,18H2. The van der Waals surface area contributed by atoms with Gasteiger partial charge in [-0.1, -0.05) is 28.1 Å². The minimum atomic E-state index is -0.973. The lowest BCUT2D eigenvalue weighted by Crippen LogP contribution is -2.15. The molecule has 0 aliphatic carbocycles. The van der Waals surface area contributed by atoms with E-state index in [1.54, 1.807) is 6.07 Å². The smallest absolute Gasteiger partial charge is 0.131 e. The molecular formula is C13H9BrF3N. The van der Waals surface area contributed by atoms with Crippen LogP contribution in [0.4, 0.5) is 13.2 Å². The van der Waals surface area contributed by atoms with Crippen molar-refractivity contribution in [3.05, 3.63) is 69.4 Å². The molecule has 94 valence electrons. The molecule has 0 spiro atoms. The van der Waals surface area contributed by atoms with Crippen LogP contribution in [0.15, 0.2) is 40.9 Å². The van der Waals surface area contributed by atoms with E-state index in [0.717, 1.165) is 12.1 Å². The summed E-state index contributed by atoms with van der Waals surface area (Å²) in [5, 5.41) is 0. The Kier molecular flexibility index (Phi) is 3.73. The number of rotatable bonds is 2. The van der Waals surface area contributed by atoms with E-state index in [-0.39, 0.29) is 11.1 Å². The monoisotopic (exact) mass is 315 g/mol. The van der Waals surface area contributed by atoms with E-state index in [1.807, 2.05) is 0 Å². The Balaban J connectivity index is 2.44. The third kappa shape index (κ3) is 2.57. The minimum Gasteiger partial charge on any atom is -0.320 e. The predicted molar refractivity (Wildman–Crippen MR) is 66.5 cm³/mol. The lowest BCUT2D eigenvalue weighted by atomic mass is 9.98. The molecule has 0 aliphatic rings. The lowest BCUT2D eigenvalue weighted by Gasteiger charge is -2.14. The van der Waals surface area contributed by atoms with Gasteiger partial charge in [-0.3, -0.25) is 0 Å². The molecule has 0 saturated carbocycles. The third-order valence-corrected chi connectivity index (χ3v) is 3.09. The summed E-state index contributed by atoms with van der Waals surface area (Å²) in [5.74, 6) is -2.02. The predicted octanol–water partition coefficient (Wildman–Crippen LogP) is 3.91. The molecule has 2 N–H and O–H groups in total. The molecule has 0 saturated heterocycles. The van der Waals surface area contributed by atoms with Crippen LogP contribution < -0.4 is 5.73 Å². The quantitative estimate of drug-likeness (QED) is 0.893. The van der Waals surface area contributed by atoms with Gasteiger partial charge in [0.2, 0.25) is 0 Å². The van der Waals surface area contributed by atoms with Crippen LogP contribution in [0.2, 0.25) is 0 Å². The number of hydrogen-bond acceptors (Lipinski definition) is 1. The molecule has 0 radical (unpaired) electrons. The number of halogens is 4. The summed E-state index contributed by atoms with van der Waals surface area (Å²) in [5.41, 5.74) is 6.01. The van der Waals surface area contributed by atoms with Crippen molar-refractivity contribution in [1.82, 2.24) is 0 Å². The van der Waals surface area contributed by atoms with Gasteiger partial charge in [0.1, 0.15) is 17.5 Å². The van der Waals surface area contributed by atoms with Crippen LogP contribution in [0.25, 0.3) is 0 Å². The SMILES string of the molecule is NC(c1ccc(F)cc1F)c1ccc(Br)cc1F. The van der Waals surface area contributed by atoms with Gasteiger partial charge in [0, 0.05) is 21.7 Å². The van der Waals surface area contributed by atoms with Gasteiger partial charge in [0.25, 0.3) is 0 Å². The van der Waals surface area contributed by atoms with Crippen molar-refractivity contribution >= 4 is 15.9 Å². The Morgan fingerprint density at radius 3 is 2.00 bits per heavy atom. The van der Waals surface area contributed by atoms with Gasteiger partial charge < -0.3 is 5.73 Å². The van der Waals surface area contributed by atoms with Crippen LogP contribution in [0.1, 0.15) is 17.2 Å². The largest absolute Gasteiger partial charge is 0.320 e. The summed E-state index contributed by atoms with van der Waals surface area (Å²) in [7, 11) is 0. The Labute approximate surface area is 111 Å². The van der Waals surface area contributed by atoms with Gasteiger partial charge in [-0.2, -0.15) is 0 Å². The molecule has 2 rings (SSSR count). The van der Waals surface area contributed by atoms with Crippen LogP contribution in [-0.4, -0.2) is 0 Å². The topological polar surface area (TPSA) is 26.0 Å². The maximum Gasteiger partial charge on any atom is 0.131 e. The highest BCUT2D eigenvalue weighted by atomic mass is 79.9. The normalized spacial score (nSPS) is 12.5. The summed E-state index contributed by atoms with van der Waals surface area (Å²) in [4.78, 5) is 0. The molecule has 1 unspecified atom stereocenters. The van der Waals surface area contributed by atoms with Crippen molar-refractivity contribution in [1.29, 1.82) is 0 Å². The maximum atomic E-state index is 13.7. The van der Waals surface area contributed by atoms with Crippen molar-refractivity contribution in [3.8, 4) is 0 Å². The van der Waals surface area contributed by atoms with Crippen LogP contribution >= 0.6 is 15.9 Å². The highest BCUT2D eigenvalue weighted by molar-refractivity contribution is 9.10. The first-order chi connectivity index (χ1) is 8.49. The first-order valence-electron chi connectivity index (χ1n) is 5.14. The first kappa shape index (κ1) is 13.1. The average molecular weight is 316 g/mol. The van der Waals surface area contributed by atoms with Crippen LogP contribution in [0.5, 0.6) is 0 Å². The third-order valence-electron chi connectivity index (χ3n) is 2.60. The van der Waals surface area contributed by atoms with Crippen molar-refractivity contribution in [2.75, 3.05) is 0 Å². The van der Waals surface area contributed by atoms with Gasteiger partial charge in [0.15, 0.2) is 0 Å². The molecule has 0 fully saturated rings. The average Bonchev–Trinajstić information content (AvgIpc) is 2.28. The molecule has 2 aromatic carbocycles. The van der Waals surface area contributed by atoms with Crippen LogP contribution in [0.3, 0.4) is 0 Å². The Hall–Kier alpha value is -1.33. The molecule has 2 aromatic rings. The fourth-order valence-corrected chi connectivity index (χ4v) is 2.01. The number of hydrogen-bond donors (Lipinski definition) is 1. The van der Waals surface area contributed by atoms with Crippen LogP contribution in [0, 0.1) is 17.5 Å². The highest BCUT2D eigenvalue weighted by Crippen LogP contribution is 2.26. The molecule has 5 heteroatoms. The molecule has 0 bridgehead atoms. The summed E-state index contributed by atoms with van der Waals surface area (Å²) in [6.45, 7) is 0. The van der Waals surface area contributed by atoms with Crippen molar-refractivity contribution in [2.45, 2.75) is 6.04 Å². The Morgan fingerprint density at radius 2 is 1.44 bits per heavy atom. The minimum absolute atomic E-state index is 0.0534. The summed E-state index contributed by atoms with van der Waals surface area (Å²) < 4.78 is 40.6. The van der Waals surface area contributed by atoms with Crippen LogP contribution in [-0.2, 0) is 0 Å². The molecule has 1 atom stereocenters. The second-order valence-electron chi connectivity index (χ2n) is 3.81. The molecule has 0 aliphatic heterocycles. The fourth-order valence-electron chi connectivity index (χ4n) is 1.67. The molecular weight excluding hydrogens is 307 g/mol. The zero-order valence-corrected chi connectivity index (χ0v) is 10.7. The van der Waals surface area contributed by atoms with E-state index >= 15 is 0 Å². The highest BCUT2D eigenvalue weighted by Gasteiger charge is 2.17. The van der Waals surface area contributed by atoms with Gasteiger partial charge in [-0.05, 0) is 18.2 Å². The maximum absolute atomic E-state index is 13.7. The molecule has 0 aromatic heterocycles. The molecule has 0 heterocycles. The van der Waals surface area contributed by atoms with Gasteiger partial charge >= 0.3 is 0 Å². The second kappa shape index (κ2) is 5.12.